The lowest BCUT2D eigenvalue weighted by atomic mass is 10.2. The number of hydrogen-bond donors (Lipinski definition) is 1. The smallest absolute Gasteiger partial charge is 0.381 e. The van der Waals surface area contributed by atoms with Gasteiger partial charge in [0.05, 0.1) is 12.1 Å². The van der Waals surface area contributed by atoms with Gasteiger partial charge in [-0.2, -0.15) is 13.2 Å². The molecule has 0 aliphatic rings. The van der Waals surface area contributed by atoms with E-state index in [2.05, 4.69) is 10.3 Å². The molecule has 1 aromatic rings. The first-order valence-corrected chi connectivity index (χ1v) is 4.21. The number of alkyl halides is 3. The highest BCUT2D eigenvalue weighted by molar-refractivity contribution is 5.40. The van der Waals surface area contributed by atoms with Crippen molar-refractivity contribution in [2.24, 2.45) is 0 Å². The van der Waals surface area contributed by atoms with Crippen LogP contribution < -0.4 is 5.32 Å². The third kappa shape index (κ3) is 4.11. The molecule has 1 unspecified atom stereocenters. The predicted molar refractivity (Wildman–Crippen MR) is 48.0 cm³/mol. The lowest BCUT2D eigenvalue weighted by molar-refractivity contribution is -0.136. The molecule has 0 spiro atoms. The molecule has 0 fully saturated rings. The summed E-state index contributed by atoms with van der Waals surface area (Å²) < 4.78 is 35.9. The van der Waals surface area contributed by atoms with Gasteiger partial charge in [0.2, 0.25) is 0 Å². The molecule has 0 aliphatic heterocycles. The van der Waals surface area contributed by atoms with Gasteiger partial charge >= 0.3 is 6.18 Å². The molecule has 1 aromatic heterocycles. The Morgan fingerprint density at radius 2 is 2.21 bits per heavy atom. The summed E-state index contributed by atoms with van der Waals surface area (Å²) in [6.45, 7) is 1.49. The summed E-state index contributed by atoms with van der Waals surface area (Å²) in [4.78, 5) is 3.79. The first-order chi connectivity index (χ1) is 6.47. The number of aromatic nitrogens is 1. The molecule has 0 radical (unpaired) electrons. The third-order valence-corrected chi connectivity index (χ3v) is 1.61. The van der Waals surface area contributed by atoms with E-state index >= 15 is 0 Å². The molecule has 0 saturated heterocycles. The summed E-state index contributed by atoms with van der Waals surface area (Å²) >= 11 is 0. The Bertz CT molecular complexity index is 271. The molecule has 0 bridgehead atoms. The molecular formula is C9H11F3N2. The van der Waals surface area contributed by atoms with Gasteiger partial charge in [0.25, 0.3) is 0 Å². The first-order valence-electron chi connectivity index (χ1n) is 4.21. The molecule has 5 heteroatoms. The molecule has 14 heavy (non-hydrogen) atoms. The first kappa shape index (κ1) is 10.8. The van der Waals surface area contributed by atoms with Gasteiger partial charge in [-0.05, 0) is 19.1 Å². The Morgan fingerprint density at radius 3 is 2.71 bits per heavy atom. The van der Waals surface area contributed by atoms with Crippen LogP contribution in [0, 0.1) is 0 Å². The summed E-state index contributed by atoms with van der Waals surface area (Å²) in [6.07, 6.45) is -1.91. The van der Waals surface area contributed by atoms with Gasteiger partial charge in [0.1, 0.15) is 0 Å². The van der Waals surface area contributed by atoms with Crippen molar-refractivity contribution in [3.05, 3.63) is 24.5 Å². The zero-order valence-electron chi connectivity index (χ0n) is 7.67. The second kappa shape index (κ2) is 4.30. The van der Waals surface area contributed by atoms with E-state index in [9.17, 15) is 13.2 Å². The molecule has 0 saturated carbocycles. The number of rotatable bonds is 3. The van der Waals surface area contributed by atoms with Gasteiger partial charge in [-0.25, -0.2) is 0 Å². The third-order valence-electron chi connectivity index (χ3n) is 1.61. The highest BCUT2D eigenvalue weighted by atomic mass is 19.4. The van der Waals surface area contributed by atoms with Gasteiger partial charge in [0.15, 0.2) is 0 Å². The van der Waals surface area contributed by atoms with Crippen LogP contribution in [-0.2, 0) is 0 Å². The Morgan fingerprint density at radius 1 is 1.50 bits per heavy atom. The van der Waals surface area contributed by atoms with Crippen LogP contribution in [0.5, 0.6) is 0 Å². The second-order valence-corrected chi connectivity index (χ2v) is 3.11. The standard InChI is InChI=1S/C9H11F3N2/c1-7(5-9(10,11)12)14-8-3-2-4-13-6-8/h2-4,6-7,14H,5H2,1H3. The van der Waals surface area contributed by atoms with Gasteiger partial charge in [-0.3, -0.25) is 4.98 Å². The summed E-state index contributed by atoms with van der Waals surface area (Å²) in [5.41, 5.74) is 0.601. The summed E-state index contributed by atoms with van der Waals surface area (Å²) in [6, 6.07) is 2.71. The quantitative estimate of drug-likeness (QED) is 0.818. The van der Waals surface area contributed by atoms with E-state index in [-0.39, 0.29) is 0 Å². The Balaban J connectivity index is 2.46. The fraction of sp³-hybridized carbons (Fsp3) is 0.444. The Hall–Kier alpha value is -1.26. The average Bonchev–Trinajstić information content (AvgIpc) is 2.02. The van der Waals surface area contributed by atoms with Crippen LogP contribution in [0.2, 0.25) is 0 Å². The molecule has 0 aromatic carbocycles. The summed E-state index contributed by atoms with van der Waals surface area (Å²) in [5, 5.41) is 2.72. The molecule has 1 heterocycles. The normalized spacial score (nSPS) is 13.7. The molecule has 78 valence electrons. The van der Waals surface area contributed by atoms with Crippen LogP contribution in [-0.4, -0.2) is 17.2 Å². The number of anilines is 1. The zero-order valence-corrected chi connectivity index (χ0v) is 7.67. The van der Waals surface area contributed by atoms with E-state index in [1.54, 1.807) is 18.3 Å². The number of halogens is 3. The van der Waals surface area contributed by atoms with Crippen LogP contribution >= 0.6 is 0 Å². The van der Waals surface area contributed by atoms with Crippen molar-refractivity contribution < 1.29 is 13.2 Å². The van der Waals surface area contributed by atoms with Crippen molar-refractivity contribution in [3.63, 3.8) is 0 Å². The van der Waals surface area contributed by atoms with Crippen LogP contribution in [0.15, 0.2) is 24.5 Å². The monoisotopic (exact) mass is 204 g/mol. The topological polar surface area (TPSA) is 24.9 Å². The maximum Gasteiger partial charge on any atom is 0.391 e. The lowest BCUT2D eigenvalue weighted by Gasteiger charge is -2.16. The fourth-order valence-corrected chi connectivity index (χ4v) is 1.13. The number of hydrogen-bond acceptors (Lipinski definition) is 2. The summed E-state index contributed by atoms with van der Waals surface area (Å²) in [7, 11) is 0. The second-order valence-electron chi connectivity index (χ2n) is 3.11. The minimum atomic E-state index is -4.13. The molecule has 1 atom stereocenters. The van der Waals surface area contributed by atoms with Crippen LogP contribution in [0.3, 0.4) is 0 Å². The van der Waals surface area contributed by atoms with Gasteiger partial charge in [-0.15, -0.1) is 0 Å². The maximum atomic E-state index is 12.0. The van der Waals surface area contributed by atoms with E-state index < -0.39 is 18.6 Å². The minimum Gasteiger partial charge on any atom is -0.381 e. The van der Waals surface area contributed by atoms with Gasteiger partial charge < -0.3 is 5.32 Å². The van der Waals surface area contributed by atoms with Gasteiger partial charge in [-0.1, -0.05) is 0 Å². The van der Waals surface area contributed by atoms with Crippen LogP contribution in [0.1, 0.15) is 13.3 Å². The fourth-order valence-electron chi connectivity index (χ4n) is 1.13. The average molecular weight is 204 g/mol. The number of pyridine rings is 1. The van der Waals surface area contributed by atoms with E-state index in [1.807, 2.05) is 0 Å². The molecule has 1 rings (SSSR count). The van der Waals surface area contributed by atoms with E-state index in [1.165, 1.54) is 13.1 Å². The maximum absolute atomic E-state index is 12.0. The Labute approximate surface area is 80.2 Å². The van der Waals surface area contributed by atoms with E-state index in [4.69, 9.17) is 0 Å². The molecular weight excluding hydrogens is 193 g/mol. The minimum absolute atomic E-state index is 0.601. The van der Waals surface area contributed by atoms with Crippen molar-refractivity contribution in [1.82, 2.24) is 4.98 Å². The van der Waals surface area contributed by atoms with E-state index in [0.717, 1.165) is 0 Å². The number of nitrogens with one attached hydrogen (secondary N) is 1. The number of nitrogens with zero attached hydrogens (tertiary/aromatic N) is 1. The van der Waals surface area contributed by atoms with Crippen molar-refractivity contribution in [3.8, 4) is 0 Å². The molecule has 0 amide bonds. The highest BCUT2D eigenvalue weighted by Gasteiger charge is 2.29. The van der Waals surface area contributed by atoms with Crippen molar-refractivity contribution >= 4 is 5.69 Å². The predicted octanol–water partition coefficient (Wildman–Crippen LogP) is 2.83. The van der Waals surface area contributed by atoms with Gasteiger partial charge in [0, 0.05) is 18.4 Å². The lowest BCUT2D eigenvalue weighted by Crippen LogP contribution is -2.23. The molecule has 2 nitrogen and oxygen atoms in total. The van der Waals surface area contributed by atoms with Crippen LogP contribution in [0.25, 0.3) is 0 Å². The van der Waals surface area contributed by atoms with Crippen LogP contribution in [0.4, 0.5) is 18.9 Å². The largest absolute Gasteiger partial charge is 0.391 e. The SMILES string of the molecule is CC(CC(F)(F)F)Nc1cccnc1. The highest BCUT2D eigenvalue weighted by Crippen LogP contribution is 2.22. The molecule has 0 aliphatic carbocycles. The van der Waals surface area contributed by atoms with Crippen molar-refractivity contribution in [1.29, 1.82) is 0 Å². The van der Waals surface area contributed by atoms with Crippen molar-refractivity contribution in [2.75, 3.05) is 5.32 Å². The summed E-state index contributed by atoms with van der Waals surface area (Å²) in [5.74, 6) is 0. The zero-order chi connectivity index (χ0) is 10.6. The van der Waals surface area contributed by atoms with E-state index in [0.29, 0.717) is 5.69 Å². The molecule has 1 N–H and O–H groups in total. The van der Waals surface area contributed by atoms with Crippen molar-refractivity contribution in [2.45, 2.75) is 25.6 Å². The Kier molecular flexibility index (Phi) is 3.33.